The molecular formula is C95H159N3O36. The van der Waals surface area contributed by atoms with Gasteiger partial charge in [-0.3, -0.25) is 38.7 Å². The third kappa shape index (κ3) is 63.9. The van der Waals surface area contributed by atoms with Crippen LogP contribution in [0.4, 0.5) is 0 Å². The maximum absolute atomic E-state index is 14.1. The van der Waals surface area contributed by atoms with E-state index in [1.807, 2.05) is 125 Å². The topological polar surface area (TPSA) is 414 Å². The van der Waals surface area contributed by atoms with Crippen LogP contribution in [0.25, 0.3) is 0 Å². The monoisotopic (exact) mass is 1920 g/mol. The lowest BCUT2D eigenvalue weighted by molar-refractivity contribution is -0.148. The fraction of sp³-hybridized carbons (Fsp3) is 0.758. The van der Waals surface area contributed by atoms with Crippen LogP contribution in [0.3, 0.4) is 0 Å². The number of nitrogens with zero attached hydrogens (tertiary/aromatic N) is 3. The maximum Gasteiger partial charge on any atom is 0.321 e. The van der Waals surface area contributed by atoms with Crippen molar-refractivity contribution >= 4 is 29.8 Å². The van der Waals surface area contributed by atoms with Gasteiger partial charge in [0.15, 0.2) is 29.2 Å². The van der Waals surface area contributed by atoms with Crippen molar-refractivity contribution in [3.05, 3.63) is 59.2 Å². The standard InChI is InChI=1S/C95H159N3O36/c1-90(2,3)128-51-39-113-27-21-107-33-45-119-78-59-74(60-79(120-46-34-108-22-28-114-40-52-129-91(4,5)6)88(78)123-49-37-111-25-31-117-43-55-132-94(13,14)15)70-125-76-57-73(72-127-86(105)68-96(65-83(99)100)19-20-98-69-87(106)134-82(98)64-97(66-84(101)102)67-85(103)104)58-77(63-76)126-71-75-61-80(121-47-35-109-23-29-115-41-53-130-92(7,8)9)89(124-50-38-112-26-32-118-44-56-133-95(16,17)18)81(62-75)122-48-36-110-24-30-116-42-54-131-93(10,11)12/h57-63,82H,19-56,64-72H2,1-18H3,(H,99,100)(H,101,102)(H,103,104). The van der Waals surface area contributed by atoms with Crippen LogP contribution in [0.1, 0.15) is 141 Å². The van der Waals surface area contributed by atoms with Gasteiger partial charge in [0.2, 0.25) is 11.5 Å². The zero-order valence-electron chi connectivity index (χ0n) is 83.0. The molecule has 0 saturated carbocycles. The Kier molecular flexibility index (Phi) is 59.4. The first-order valence-corrected chi connectivity index (χ1v) is 46.0. The molecule has 0 bridgehead atoms. The predicted octanol–water partition coefficient (Wildman–Crippen LogP) is 9.29. The molecule has 0 amide bonds. The normalized spacial score (nSPS) is 13.6. The van der Waals surface area contributed by atoms with Gasteiger partial charge >= 0.3 is 29.8 Å². The quantitative estimate of drug-likeness (QED) is 0.0350. The Bertz CT molecular complexity index is 3360. The summed E-state index contributed by atoms with van der Waals surface area (Å²) in [5.41, 5.74) is -0.408. The van der Waals surface area contributed by atoms with Crippen LogP contribution < -0.4 is 37.9 Å². The summed E-state index contributed by atoms with van der Waals surface area (Å²) in [4.78, 5) is 66.4. The molecule has 1 heterocycles. The van der Waals surface area contributed by atoms with Gasteiger partial charge in [0, 0.05) is 19.2 Å². The van der Waals surface area contributed by atoms with Crippen LogP contribution in [0.5, 0.6) is 46.0 Å². The predicted molar refractivity (Wildman–Crippen MR) is 492 cm³/mol. The van der Waals surface area contributed by atoms with Gasteiger partial charge in [0.1, 0.15) is 71.0 Å². The Hall–Kier alpha value is -7.43. The molecule has 1 fully saturated rings. The first-order chi connectivity index (χ1) is 63.6. The molecule has 1 unspecified atom stereocenters. The van der Waals surface area contributed by atoms with Crippen molar-refractivity contribution in [3.63, 3.8) is 0 Å². The van der Waals surface area contributed by atoms with Gasteiger partial charge in [0.05, 0.1) is 271 Å². The van der Waals surface area contributed by atoms with E-state index in [9.17, 15) is 39.3 Å². The number of benzene rings is 3. The highest BCUT2D eigenvalue weighted by Gasteiger charge is 2.35. The van der Waals surface area contributed by atoms with Gasteiger partial charge in [-0.1, -0.05) is 0 Å². The summed E-state index contributed by atoms with van der Waals surface area (Å²) < 4.78 is 169. The van der Waals surface area contributed by atoms with Crippen LogP contribution >= 0.6 is 0 Å². The van der Waals surface area contributed by atoms with Crippen molar-refractivity contribution in [2.24, 2.45) is 0 Å². The molecule has 39 nitrogen and oxygen atoms in total. The number of cyclic esters (lactones) is 1. The lowest BCUT2D eigenvalue weighted by Gasteiger charge is -2.28. The second kappa shape index (κ2) is 67.0. The minimum Gasteiger partial charge on any atom is -0.489 e. The van der Waals surface area contributed by atoms with E-state index in [1.165, 1.54) is 9.80 Å². The largest absolute Gasteiger partial charge is 0.489 e. The van der Waals surface area contributed by atoms with E-state index >= 15 is 0 Å². The fourth-order valence-electron chi connectivity index (χ4n) is 11.7. The van der Waals surface area contributed by atoms with Crippen molar-refractivity contribution < 1.29 is 172 Å². The van der Waals surface area contributed by atoms with Gasteiger partial charge in [-0.15, -0.1) is 0 Å². The first kappa shape index (κ1) is 119. The average molecular weight is 1920 g/mol. The molecule has 3 aromatic rings. The van der Waals surface area contributed by atoms with E-state index in [2.05, 4.69) is 0 Å². The molecule has 1 aliphatic heterocycles. The Morgan fingerprint density at radius 3 is 0.828 bits per heavy atom. The summed E-state index contributed by atoms with van der Waals surface area (Å²) in [6, 6.07) is 11.9. The van der Waals surface area contributed by atoms with Crippen LogP contribution in [0.15, 0.2) is 42.5 Å². The average Bonchev–Trinajstić information content (AvgIpc) is 1.05. The van der Waals surface area contributed by atoms with Gasteiger partial charge < -0.3 is 148 Å². The summed E-state index contributed by atoms with van der Waals surface area (Å²) >= 11 is 0. The zero-order chi connectivity index (χ0) is 98.5. The van der Waals surface area contributed by atoms with Crippen LogP contribution in [-0.4, -0.2) is 390 Å². The molecule has 0 aromatic heterocycles. The van der Waals surface area contributed by atoms with Gasteiger partial charge in [-0.2, -0.15) is 0 Å². The number of hydrogen-bond acceptors (Lipinski definition) is 36. The molecule has 1 aliphatic rings. The van der Waals surface area contributed by atoms with Crippen molar-refractivity contribution in [2.75, 3.05) is 290 Å². The van der Waals surface area contributed by atoms with E-state index in [-0.39, 0.29) is 238 Å². The lowest BCUT2D eigenvalue weighted by Crippen LogP contribution is -2.47. The van der Waals surface area contributed by atoms with E-state index in [0.717, 1.165) is 4.90 Å². The third-order valence-corrected chi connectivity index (χ3v) is 17.6. The molecule has 39 heteroatoms. The molecule has 134 heavy (non-hydrogen) atoms. The molecule has 3 N–H and O–H groups in total. The minimum absolute atomic E-state index is 0.0581. The molecule has 1 saturated heterocycles. The van der Waals surface area contributed by atoms with Crippen LogP contribution in [0.2, 0.25) is 0 Å². The molecule has 1 atom stereocenters. The summed E-state index contributed by atoms with van der Waals surface area (Å²) in [5, 5.41) is 29.1. The minimum atomic E-state index is -1.31. The zero-order valence-corrected chi connectivity index (χ0v) is 83.0. The van der Waals surface area contributed by atoms with Crippen molar-refractivity contribution in [3.8, 4) is 46.0 Å². The Balaban J connectivity index is 1.81. The smallest absolute Gasteiger partial charge is 0.321 e. The van der Waals surface area contributed by atoms with Crippen molar-refractivity contribution in [1.82, 2.24) is 14.7 Å². The summed E-state index contributed by atoms with van der Waals surface area (Å²) in [7, 11) is 0. The second-order valence-corrected chi connectivity index (χ2v) is 36.6. The highest BCUT2D eigenvalue weighted by atomic mass is 16.6. The number of esters is 2. The van der Waals surface area contributed by atoms with E-state index < -0.39 is 68.9 Å². The van der Waals surface area contributed by atoms with Crippen molar-refractivity contribution in [1.29, 1.82) is 0 Å². The Morgan fingerprint density at radius 2 is 0.560 bits per heavy atom. The Morgan fingerprint density at radius 1 is 0.313 bits per heavy atom. The molecule has 0 aliphatic carbocycles. The number of ether oxygens (including phenoxy) is 28. The number of carboxylic acid groups (broad SMARTS) is 3. The number of rotatable bonds is 81. The number of carbonyl (C=O) groups is 5. The third-order valence-electron chi connectivity index (χ3n) is 17.6. The molecule has 0 radical (unpaired) electrons. The number of hydrogen-bond donors (Lipinski definition) is 3. The van der Waals surface area contributed by atoms with Crippen molar-refractivity contribution in [2.45, 2.75) is 184 Å². The highest BCUT2D eigenvalue weighted by molar-refractivity contribution is 5.75. The summed E-state index contributed by atoms with van der Waals surface area (Å²) in [6.45, 7) is 41.4. The highest BCUT2D eigenvalue weighted by Crippen LogP contribution is 2.42. The van der Waals surface area contributed by atoms with E-state index in [4.69, 9.17) is 133 Å². The van der Waals surface area contributed by atoms with Gasteiger partial charge in [0.25, 0.3) is 0 Å². The van der Waals surface area contributed by atoms with E-state index in [0.29, 0.717) is 136 Å². The number of carbonyl (C=O) groups excluding carboxylic acids is 2. The molecular weight excluding hydrogens is 1760 g/mol. The van der Waals surface area contributed by atoms with Gasteiger partial charge in [-0.25, -0.2) is 0 Å². The summed E-state index contributed by atoms with van der Waals surface area (Å²) in [5.74, 6) is -3.35. The van der Waals surface area contributed by atoms with E-state index in [1.54, 1.807) is 42.5 Å². The number of carboxylic acids is 3. The van der Waals surface area contributed by atoms with Gasteiger partial charge in [-0.05, 0) is 178 Å². The van der Waals surface area contributed by atoms with Crippen LogP contribution in [0, 0.1) is 0 Å². The lowest BCUT2D eigenvalue weighted by atomic mass is 10.1. The molecule has 0 spiro atoms. The number of aliphatic carboxylic acids is 3. The van der Waals surface area contributed by atoms with Crippen LogP contribution in [-0.2, 0) is 139 Å². The summed E-state index contributed by atoms with van der Waals surface area (Å²) in [6.07, 6.45) is -1.09. The molecule has 770 valence electrons. The second-order valence-electron chi connectivity index (χ2n) is 36.6. The Labute approximate surface area is 792 Å². The molecule has 4 rings (SSSR count). The SMILES string of the molecule is CC(C)(C)OCCOCCOCCOc1cc(COc2cc(COC(=O)CN(CCN3CC(=O)OC3CN(CC(=O)O)CC(=O)O)CC(=O)O)cc(OCc3cc(OCCOCCOCCOC(C)(C)C)c(OCCOCCOCCOC(C)(C)C)c(OCCOCCOCCOC(C)(C)C)c3)c2)cc(OCCOCCOCCOC(C)(C)C)c1OCCOCCOCCOC(C)(C)C. The maximum atomic E-state index is 14.1. The molecule has 3 aromatic carbocycles. The fourth-order valence-corrected chi connectivity index (χ4v) is 11.7. The first-order valence-electron chi connectivity index (χ1n) is 46.0.